The van der Waals surface area contributed by atoms with Crippen LogP contribution in [0, 0.1) is 0 Å². The van der Waals surface area contributed by atoms with Gasteiger partial charge in [-0.25, -0.2) is 9.67 Å². The molecule has 0 bridgehead atoms. The molecule has 2 aromatic rings. The van der Waals surface area contributed by atoms with Crippen molar-refractivity contribution < 1.29 is 4.79 Å². The lowest BCUT2D eigenvalue weighted by Crippen LogP contribution is -2.09. The molecule has 88 valence electrons. The first-order valence-electron chi connectivity index (χ1n) is 5.98. The molecule has 3 rings (SSSR count). The summed E-state index contributed by atoms with van der Waals surface area (Å²) in [5.41, 5.74) is 2.18. The molecule has 1 fully saturated rings. The van der Waals surface area contributed by atoms with Gasteiger partial charge in [-0.05, 0) is 25.0 Å². The van der Waals surface area contributed by atoms with E-state index in [1.165, 1.54) is 6.92 Å². The molecule has 0 atom stereocenters. The summed E-state index contributed by atoms with van der Waals surface area (Å²) in [6.07, 6.45) is 3.90. The summed E-state index contributed by atoms with van der Waals surface area (Å²) in [6.45, 7) is 1.53. The maximum Gasteiger partial charge on any atom is 0.180 e. The van der Waals surface area contributed by atoms with E-state index in [2.05, 4.69) is 10.1 Å². The number of hydrogen-bond acceptors (Lipinski definition) is 3. The standard InChI is InChI=1S/C13H12BN3O/c1-8(18)11-6-12(9-2-3-9)17(16-11)13-5-4-10(14)7-15-13/h4-7,9H,2-3H2,1H3. The Morgan fingerprint density at radius 1 is 1.44 bits per heavy atom. The van der Waals surface area contributed by atoms with Crippen molar-refractivity contribution >= 4 is 19.1 Å². The fourth-order valence-electron chi connectivity index (χ4n) is 1.94. The third-order valence-corrected chi connectivity index (χ3v) is 3.08. The van der Waals surface area contributed by atoms with E-state index in [0.29, 0.717) is 22.9 Å². The molecule has 4 nitrogen and oxygen atoms in total. The van der Waals surface area contributed by atoms with Crippen LogP contribution in [-0.2, 0) is 0 Å². The zero-order valence-electron chi connectivity index (χ0n) is 10.1. The van der Waals surface area contributed by atoms with E-state index in [-0.39, 0.29) is 5.78 Å². The van der Waals surface area contributed by atoms with E-state index in [0.717, 1.165) is 18.5 Å². The topological polar surface area (TPSA) is 47.8 Å². The summed E-state index contributed by atoms with van der Waals surface area (Å²) < 4.78 is 1.76. The zero-order valence-corrected chi connectivity index (χ0v) is 10.1. The Balaban J connectivity index is 2.09. The molecule has 0 saturated heterocycles. The van der Waals surface area contributed by atoms with Crippen molar-refractivity contribution in [1.82, 2.24) is 14.8 Å². The summed E-state index contributed by atoms with van der Waals surface area (Å²) in [5, 5.41) is 4.33. The van der Waals surface area contributed by atoms with E-state index in [4.69, 9.17) is 7.85 Å². The minimum absolute atomic E-state index is 0.0221. The summed E-state index contributed by atoms with van der Waals surface area (Å²) in [5.74, 6) is 1.19. The molecule has 1 aliphatic carbocycles. The van der Waals surface area contributed by atoms with E-state index in [1.807, 2.05) is 12.1 Å². The van der Waals surface area contributed by atoms with Gasteiger partial charge in [0, 0.05) is 24.7 Å². The van der Waals surface area contributed by atoms with Gasteiger partial charge in [-0.3, -0.25) is 4.79 Å². The normalized spacial score (nSPS) is 14.7. The molecule has 1 aliphatic rings. The predicted molar refractivity (Wildman–Crippen MR) is 68.7 cm³/mol. The molecule has 2 radical (unpaired) electrons. The Morgan fingerprint density at radius 2 is 2.22 bits per heavy atom. The molecule has 0 spiro atoms. The van der Waals surface area contributed by atoms with E-state index in [1.54, 1.807) is 16.9 Å². The Kier molecular flexibility index (Phi) is 2.54. The molecule has 2 aromatic heterocycles. The number of carbonyl (C=O) groups is 1. The second-order valence-corrected chi connectivity index (χ2v) is 4.65. The number of rotatable bonds is 3. The van der Waals surface area contributed by atoms with Crippen LogP contribution in [0.1, 0.15) is 41.9 Å². The Morgan fingerprint density at radius 3 is 2.78 bits per heavy atom. The van der Waals surface area contributed by atoms with Gasteiger partial charge in [0.2, 0.25) is 0 Å². The van der Waals surface area contributed by atoms with Gasteiger partial charge in [-0.1, -0.05) is 11.5 Å². The van der Waals surface area contributed by atoms with Gasteiger partial charge in [0.05, 0.1) is 0 Å². The van der Waals surface area contributed by atoms with Crippen LogP contribution in [0.3, 0.4) is 0 Å². The van der Waals surface area contributed by atoms with Crippen molar-refractivity contribution in [2.45, 2.75) is 25.7 Å². The number of nitrogens with zero attached hydrogens (tertiary/aromatic N) is 3. The predicted octanol–water partition coefficient (Wildman–Crippen LogP) is 1.14. The van der Waals surface area contributed by atoms with Gasteiger partial charge in [-0.15, -0.1) is 0 Å². The SMILES string of the molecule is [B]c1ccc(-n2nc(C(C)=O)cc2C2CC2)nc1. The van der Waals surface area contributed by atoms with E-state index < -0.39 is 0 Å². The van der Waals surface area contributed by atoms with Crippen LogP contribution in [0.25, 0.3) is 5.82 Å². The lowest BCUT2D eigenvalue weighted by Gasteiger charge is -2.05. The van der Waals surface area contributed by atoms with Crippen molar-refractivity contribution in [3.8, 4) is 5.82 Å². The molecule has 0 amide bonds. The quantitative estimate of drug-likeness (QED) is 0.594. The van der Waals surface area contributed by atoms with Gasteiger partial charge in [0.15, 0.2) is 11.6 Å². The third kappa shape index (κ3) is 1.96. The van der Waals surface area contributed by atoms with Gasteiger partial charge in [0.1, 0.15) is 13.5 Å². The maximum atomic E-state index is 11.4. The Hall–Kier alpha value is -1.91. The Labute approximate surface area is 106 Å². The minimum atomic E-state index is -0.0221. The monoisotopic (exact) mass is 237 g/mol. The molecular weight excluding hydrogens is 225 g/mol. The number of Topliss-reactive ketones (excluding diaryl/α,β-unsaturated/α-hetero) is 1. The van der Waals surface area contributed by atoms with Crippen molar-refractivity contribution in [1.29, 1.82) is 0 Å². The van der Waals surface area contributed by atoms with Gasteiger partial charge in [0.25, 0.3) is 0 Å². The molecular formula is C13H12BN3O. The minimum Gasteiger partial charge on any atom is -0.293 e. The van der Waals surface area contributed by atoms with Gasteiger partial charge in [-0.2, -0.15) is 5.10 Å². The van der Waals surface area contributed by atoms with Crippen molar-refractivity contribution in [3.05, 3.63) is 35.8 Å². The first kappa shape index (κ1) is 11.2. The lowest BCUT2D eigenvalue weighted by atomic mass is 9.99. The van der Waals surface area contributed by atoms with Gasteiger partial charge < -0.3 is 0 Å². The van der Waals surface area contributed by atoms with Crippen LogP contribution < -0.4 is 5.46 Å². The highest BCUT2D eigenvalue weighted by molar-refractivity contribution is 6.32. The smallest absolute Gasteiger partial charge is 0.180 e. The molecule has 0 aliphatic heterocycles. The molecule has 0 N–H and O–H groups in total. The molecule has 1 saturated carbocycles. The van der Waals surface area contributed by atoms with Crippen LogP contribution >= 0.6 is 0 Å². The van der Waals surface area contributed by atoms with Crippen LogP contribution in [-0.4, -0.2) is 28.4 Å². The molecule has 5 heteroatoms. The van der Waals surface area contributed by atoms with Gasteiger partial charge >= 0.3 is 0 Å². The highest BCUT2D eigenvalue weighted by atomic mass is 16.1. The zero-order chi connectivity index (χ0) is 12.7. The summed E-state index contributed by atoms with van der Waals surface area (Å²) >= 11 is 0. The van der Waals surface area contributed by atoms with Crippen molar-refractivity contribution in [2.75, 3.05) is 0 Å². The largest absolute Gasteiger partial charge is 0.293 e. The summed E-state index contributed by atoms with van der Waals surface area (Å²) in [4.78, 5) is 15.7. The first-order chi connectivity index (χ1) is 8.65. The van der Waals surface area contributed by atoms with Crippen LogP contribution in [0.4, 0.5) is 0 Å². The molecule has 0 aromatic carbocycles. The number of hydrogen-bond donors (Lipinski definition) is 0. The van der Waals surface area contributed by atoms with E-state index >= 15 is 0 Å². The highest BCUT2D eigenvalue weighted by Gasteiger charge is 2.29. The molecule has 0 unspecified atom stereocenters. The second-order valence-electron chi connectivity index (χ2n) is 4.65. The highest BCUT2D eigenvalue weighted by Crippen LogP contribution is 2.40. The van der Waals surface area contributed by atoms with Crippen molar-refractivity contribution in [3.63, 3.8) is 0 Å². The van der Waals surface area contributed by atoms with Crippen molar-refractivity contribution in [2.24, 2.45) is 0 Å². The number of carbonyl (C=O) groups excluding carboxylic acids is 1. The third-order valence-electron chi connectivity index (χ3n) is 3.08. The number of pyridine rings is 1. The fourth-order valence-corrected chi connectivity index (χ4v) is 1.94. The Bertz CT molecular complexity index is 599. The average molecular weight is 237 g/mol. The summed E-state index contributed by atoms with van der Waals surface area (Å²) in [6, 6.07) is 5.48. The average Bonchev–Trinajstić information content (AvgIpc) is 3.09. The van der Waals surface area contributed by atoms with Crippen LogP contribution in [0.2, 0.25) is 0 Å². The van der Waals surface area contributed by atoms with E-state index in [9.17, 15) is 4.79 Å². The maximum absolute atomic E-state index is 11.4. The number of aromatic nitrogens is 3. The molecule has 2 heterocycles. The number of ketones is 1. The second kappa shape index (κ2) is 4.08. The molecule has 18 heavy (non-hydrogen) atoms. The first-order valence-corrected chi connectivity index (χ1v) is 5.98. The summed E-state index contributed by atoms with van der Waals surface area (Å²) in [7, 11) is 5.62. The van der Waals surface area contributed by atoms with Crippen LogP contribution in [0.15, 0.2) is 24.4 Å². The lowest BCUT2D eigenvalue weighted by molar-refractivity contribution is 0.101. The van der Waals surface area contributed by atoms with Crippen LogP contribution in [0.5, 0.6) is 0 Å². The fraction of sp³-hybridized carbons (Fsp3) is 0.308.